The van der Waals surface area contributed by atoms with E-state index >= 15 is 0 Å². The topological polar surface area (TPSA) is 57.6 Å². The van der Waals surface area contributed by atoms with Crippen LogP contribution in [0.3, 0.4) is 0 Å². The summed E-state index contributed by atoms with van der Waals surface area (Å²) in [7, 11) is -4.04. The van der Waals surface area contributed by atoms with E-state index in [0.717, 1.165) is 16.4 Å². The second-order valence-corrected chi connectivity index (χ2v) is 6.13. The van der Waals surface area contributed by atoms with Crippen LogP contribution in [0, 0.1) is 6.92 Å². The van der Waals surface area contributed by atoms with E-state index in [1.54, 1.807) is 6.92 Å². The SMILES string of the molecule is CCN(CCO)S(=O)(=O)c1ccc(C)c(C(F)(F)F)c1. The van der Waals surface area contributed by atoms with E-state index in [1.165, 1.54) is 6.92 Å². The quantitative estimate of drug-likeness (QED) is 0.905. The normalized spacial score (nSPS) is 12.9. The van der Waals surface area contributed by atoms with Crippen LogP contribution in [0.25, 0.3) is 0 Å². The van der Waals surface area contributed by atoms with Crippen molar-refractivity contribution in [2.75, 3.05) is 19.7 Å². The molecule has 0 spiro atoms. The first-order valence-electron chi connectivity index (χ1n) is 5.93. The third kappa shape index (κ3) is 3.50. The highest BCUT2D eigenvalue weighted by Gasteiger charge is 2.34. The summed E-state index contributed by atoms with van der Waals surface area (Å²) >= 11 is 0. The number of rotatable bonds is 5. The molecule has 0 bridgehead atoms. The van der Waals surface area contributed by atoms with E-state index in [4.69, 9.17) is 5.11 Å². The van der Waals surface area contributed by atoms with Crippen LogP contribution in [0.1, 0.15) is 18.1 Å². The van der Waals surface area contributed by atoms with Crippen molar-refractivity contribution < 1.29 is 26.7 Å². The number of nitrogens with zero attached hydrogens (tertiary/aromatic N) is 1. The van der Waals surface area contributed by atoms with Gasteiger partial charge in [0.05, 0.1) is 17.1 Å². The molecule has 0 radical (unpaired) electrons. The number of hydrogen-bond donors (Lipinski definition) is 1. The number of aliphatic hydroxyl groups excluding tert-OH is 1. The Morgan fingerprint density at radius 3 is 2.35 bits per heavy atom. The van der Waals surface area contributed by atoms with Gasteiger partial charge in [0, 0.05) is 13.1 Å². The Hall–Kier alpha value is -1.12. The minimum Gasteiger partial charge on any atom is -0.395 e. The molecule has 0 saturated carbocycles. The van der Waals surface area contributed by atoms with Gasteiger partial charge in [-0.05, 0) is 24.6 Å². The lowest BCUT2D eigenvalue weighted by Crippen LogP contribution is -2.33. The van der Waals surface area contributed by atoms with Crippen molar-refractivity contribution in [2.45, 2.75) is 24.9 Å². The Bertz CT molecular complexity index is 570. The number of hydrogen-bond acceptors (Lipinski definition) is 3. The lowest BCUT2D eigenvalue weighted by molar-refractivity contribution is -0.138. The maximum absolute atomic E-state index is 12.8. The molecule has 0 heterocycles. The fourth-order valence-electron chi connectivity index (χ4n) is 1.78. The van der Waals surface area contributed by atoms with Crippen LogP contribution < -0.4 is 0 Å². The minimum atomic E-state index is -4.61. The highest BCUT2D eigenvalue weighted by atomic mass is 32.2. The standard InChI is InChI=1S/C12H16F3NO3S/c1-3-16(6-7-17)20(18,19)10-5-4-9(2)11(8-10)12(13,14)15/h4-5,8,17H,3,6-7H2,1-2H3. The molecule has 0 atom stereocenters. The van der Waals surface area contributed by atoms with Crippen LogP contribution in [0.2, 0.25) is 0 Å². The average Bonchev–Trinajstić information content (AvgIpc) is 2.34. The molecule has 0 aliphatic rings. The van der Waals surface area contributed by atoms with Gasteiger partial charge in [0.2, 0.25) is 10.0 Å². The van der Waals surface area contributed by atoms with Gasteiger partial charge in [0.1, 0.15) is 0 Å². The number of benzene rings is 1. The first-order chi connectivity index (χ1) is 9.14. The first kappa shape index (κ1) is 16.9. The van der Waals surface area contributed by atoms with Crippen molar-refractivity contribution in [2.24, 2.45) is 0 Å². The van der Waals surface area contributed by atoms with E-state index in [2.05, 4.69) is 0 Å². The van der Waals surface area contributed by atoms with Crippen LogP contribution in [0.5, 0.6) is 0 Å². The molecule has 0 amide bonds. The zero-order chi connectivity index (χ0) is 15.6. The average molecular weight is 311 g/mol. The Balaban J connectivity index is 3.33. The Morgan fingerprint density at radius 1 is 1.30 bits per heavy atom. The third-order valence-corrected chi connectivity index (χ3v) is 4.82. The first-order valence-corrected chi connectivity index (χ1v) is 7.37. The molecule has 1 N–H and O–H groups in total. The number of aryl methyl sites for hydroxylation is 1. The highest BCUT2D eigenvalue weighted by Crippen LogP contribution is 2.33. The molecule has 0 unspecified atom stereocenters. The summed E-state index contributed by atoms with van der Waals surface area (Å²) in [6.07, 6.45) is -4.61. The maximum Gasteiger partial charge on any atom is 0.416 e. The number of sulfonamides is 1. The summed E-state index contributed by atoms with van der Waals surface area (Å²) in [5, 5.41) is 8.82. The van der Waals surface area contributed by atoms with Gasteiger partial charge in [-0.15, -0.1) is 0 Å². The number of likely N-dealkylation sites (N-methyl/N-ethyl adjacent to an activating group) is 1. The monoisotopic (exact) mass is 311 g/mol. The van der Waals surface area contributed by atoms with Crippen molar-refractivity contribution in [3.05, 3.63) is 29.3 Å². The van der Waals surface area contributed by atoms with Crippen molar-refractivity contribution >= 4 is 10.0 Å². The second-order valence-electron chi connectivity index (χ2n) is 4.19. The summed E-state index contributed by atoms with van der Waals surface area (Å²) in [6.45, 7) is 2.33. The lowest BCUT2D eigenvalue weighted by atomic mass is 10.1. The van der Waals surface area contributed by atoms with Crippen LogP contribution in [0.15, 0.2) is 23.1 Å². The fraction of sp³-hybridized carbons (Fsp3) is 0.500. The summed E-state index contributed by atoms with van der Waals surface area (Å²) in [5.74, 6) is 0. The molecule has 1 aromatic rings. The van der Waals surface area contributed by atoms with Gasteiger partial charge in [0.15, 0.2) is 0 Å². The van der Waals surface area contributed by atoms with Crippen LogP contribution in [-0.2, 0) is 16.2 Å². The molecule has 8 heteroatoms. The highest BCUT2D eigenvalue weighted by molar-refractivity contribution is 7.89. The molecule has 1 aromatic carbocycles. The molecule has 4 nitrogen and oxygen atoms in total. The zero-order valence-electron chi connectivity index (χ0n) is 11.1. The summed E-state index contributed by atoms with van der Waals surface area (Å²) in [6, 6.07) is 2.90. The molecule has 0 aliphatic carbocycles. The summed E-state index contributed by atoms with van der Waals surface area (Å²) in [4.78, 5) is -0.425. The van der Waals surface area contributed by atoms with E-state index < -0.39 is 33.3 Å². The third-order valence-electron chi connectivity index (χ3n) is 2.85. The van der Waals surface area contributed by atoms with Crippen molar-refractivity contribution in [3.63, 3.8) is 0 Å². The fourth-order valence-corrected chi connectivity index (χ4v) is 3.24. The molecule has 20 heavy (non-hydrogen) atoms. The van der Waals surface area contributed by atoms with Crippen molar-refractivity contribution in [1.29, 1.82) is 0 Å². The molecular formula is C12H16F3NO3S. The Morgan fingerprint density at radius 2 is 1.90 bits per heavy atom. The smallest absolute Gasteiger partial charge is 0.395 e. The number of halogens is 3. The van der Waals surface area contributed by atoms with E-state index in [-0.39, 0.29) is 18.7 Å². The van der Waals surface area contributed by atoms with Crippen LogP contribution >= 0.6 is 0 Å². The minimum absolute atomic E-state index is 0.0401. The Kier molecular flexibility index (Phi) is 5.17. The molecular weight excluding hydrogens is 295 g/mol. The zero-order valence-corrected chi connectivity index (χ0v) is 11.9. The van der Waals surface area contributed by atoms with Gasteiger partial charge in [0.25, 0.3) is 0 Å². The summed E-state index contributed by atoms with van der Waals surface area (Å²) in [5.41, 5.74) is -1.01. The largest absolute Gasteiger partial charge is 0.416 e. The van der Waals surface area contributed by atoms with Gasteiger partial charge in [-0.3, -0.25) is 0 Å². The van der Waals surface area contributed by atoms with Gasteiger partial charge in [-0.1, -0.05) is 13.0 Å². The van der Waals surface area contributed by atoms with Gasteiger partial charge in [-0.25, -0.2) is 8.42 Å². The number of aliphatic hydroxyl groups is 1. The van der Waals surface area contributed by atoms with Gasteiger partial charge >= 0.3 is 6.18 Å². The van der Waals surface area contributed by atoms with Crippen LogP contribution in [0.4, 0.5) is 13.2 Å². The molecule has 114 valence electrons. The molecule has 0 aliphatic heterocycles. The molecule has 0 fully saturated rings. The second kappa shape index (κ2) is 6.11. The van der Waals surface area contributed by atoms with E-state index in [0.29, 0.717) is 6.07 Å². The summed E-state index contributed by atoms with van der Waals surface area (Å²) < 4.78 is 63.7. The van der Waals surface area contributed by atoms with Gasteiger partial charge < -0.3 is 5.11 Å². The molecule has 1 rings (SSSR count). The molecule has 0 aromatic heterocycles. The lowest BCUT2D eigenvalue weighted by Gasteiger charge is -2.20. The van der Waals surface area contributed by atoms with Gasteiger partial charge in [-0.2, -0.15) is 17.5 Å². The number of alkyl halides is 3. The molecule has 0 saturated heterocycles. The van der Waals surface area contributed by atoms with Crippen molar-refractivity contribution in [1.82, 2.24) is 4.31 Å². The van der Waals surface area contributed by atoms with Crippen molar-refractivity contribution in [3.8, 4) is 0 Å². The maximum atomic E-state index is 12.8. The predicted molar refractivity (Wildman–Crippen MR) is 67.7 cm³/mol. The Labute approximate surface area is 115 Å². The van der Waals surface area contributed by atoms with E-state index in [9.17, 15) is 21.6 Å². The predicted octanol–water partition coefficient (Wildman–Crippen LogP) is 2.02. The van der Waals surface area contributed by atoms with E-state index in [1.807, 2.05) is 0 Å². The van der Waals surface area contributed by atoms with Crippen LogP contribution in [-0.4, -0.2) is 37.5 Å².